The van der Waals surface area contributed by atoms with E-state index in [0.717, 1.165) is 11.3 Å². The maximum atomic E-state index is 11.5. The molecule has 0 bridgehead atoms. The molecule has 2 heterocycles. The van der Waals surface area contributed by atoms with Crippen molar-refractivity contribution >= 4 is 17.2 Å². The lowest BCUT2D eigenvalue weighted by Crippen LogP contribution is -2.26. The Kier molecular flexibility index (Phi) is 5.05. The lowest BCUT2D eigenvalue weighted by molar-refractivity contribution is -0.121. The number of thiophene rings is 1. The highest BCUT2D eigenvalue weighted by atomic mass is 32.1. The molecule has 7 heteroatoms. The Hall–Kier alpha value is -1.73. The van der Waals surface area contributed by atoms with E-state index < -0.39 is 0 Å². The number of hydrogen-bond acceptors (Lipinski definition) is 6. The lowest BCUT2D eigenvalue weighted by Gasteiger charge is -2.01. The number of hydrogen-bond donors (Lipinski definition) is 2. The number of aromatic nitrogens is 2. The van der Waals surface area contributed by atoms with Gasteiger partial charge < -0.3 is 15.6 Å². The number of rotatable bonds is 7. The summed E-state index contributed by atoms with van der Waals surface area (Å²) >= 11 is 1.55. The Morgan fingerprint density at radius 3 is 3.16 bits per heavy atom. The number of nitrogens with zero attached hydrogens (tertiary/aromatic N) is 2. The SMILES string of the molecule is NCCCNC(=O)CCc1nc(-c2cccs2)no1. The van der Waals surface area contributed by atoms with Gasteiger partial charge in [0.2, 0.25) is 17.6 Å². The first-order chi connectivity index (χ1) is 9.29. The monoisotopic (exact) mass is 280 g/mol. The van der Waals surface area contributed by atoms with E-state index in [1.165, 1.54) is 0 Å². The molecular formula is C12H16N4O2S. The quantitative estimate of drug-likeness (QED) is 0.743. The summed E-state index contributed by atoms with van der Waals surface area (Å²) in [5.41, 5.74) is 5.35. The van der Waals surface area contributed by atoms with E-state index in [2.05, 4.69) is 15.5 Å². The van der Waals surface area contributed by atoms with Crippen LogP contribution in [0.5, 0.6) is 0 Å². The highest BCUT2D eigenvalue weighted by Gasteiger charge is 2.10. The van der Waals surface area contributed by atoms with E-state index in [0.29, 0.717) is 37.6 Å². The molecule has 2 aromatic heterocycles. The molecule has 0 spiro atoms. The van der Waals surface area contributed by atoms with E-state index in [9.17, 15) is 4.79 Å². The van der Waals surface area contributed by atoms with Crippen LogP contribution in [0.15, 0.2) is 22.0 Å². The Labute approximate surface area is 115 Å². The highest BCUT2D eigenvalue weighted by molar-refractivity contribution is 7.13. The zero-order chi connectivity index (χ0) is 13.5. The van der Waals surface area contributed by atoms with Crippen LogP contribution in [-0.4, -0.2) is 29.1 Å². The highest BCUT2D eigenvalue weighted by Crippen LogP contribution is 2.21. The van der Waals surface area contributed by atoms with E-state index in [-0.39, 0.29) is 5.91 Å². The molecule has 19 heavy (non-hydrogen) atoms. The van der Waals surface area contributed by atoms with Crippen molar-refractivity contribution in [2.45, 2.75) is 19.3 Å². The number of amides is 1. The van der Waals surface area contributed by atoms with Crippen molar-refractivity contribution in [3.63, 3.8) is 0 Å². The molecule has 0 aliphatic rings. The zero-order valence-electron chi connectivity index (χ0n) is 10.5. The van der Waals surface area contributed by atoms with Gasteiger partial charge in [0.15, 0.2) is 0 Å². The maximum absolute atomic E-state index is 11.5. The van der Waals surface area contributed by atoms with Crippen LogP contribution in [-0.2, 0) is 11.2 Å². The van der Waals surface area contributed by atoms with Crippen molar-refractivity contribution in [2.75, 3.05) is 13.1 Å². The minimum atomic E-state index is -0.0238. The second kappa shape index (κ2) is 7.01. The van der Waals surface area contributed by atoms with Gasteiger partial charge in [-0.3, -0.25) is 4.79 Å². The zero-order valence-corrected chi connectivity index (χ0v) is 11.3. The molecule has 102 valence electrons. The fourth-order valence-corrected chi connectivity index (χ4v) is 2.15. The third kappa shape index (κ3) is 4.15. The normalized spacial score (nSPS) is 10.6. The molecule has 6 nitrogen and oxygen atoms in total. The predicted octanol–water partition coefficient (Wildman–Crippen LogP) is 1.20. The third-order valence-electron chi connectivity index (χ3n) is 2.48. The molecular weight excluding hydrogens is 264 g/mol. The molecule has 0 fully saturated rings. The first kappa shape index (κ1) is 13.7. The fourth-order valence-electron chi connectivity index (χ4n) is 1.50. The van der Waals surface area contributed by atoms with Gasteiger partial charge in [0.05, 0.1) is 4.88 Å². The summed E-state index contributed by atoms with van der Waals surface area (Å²) in [5.74, 6) is 1.04. The average Bonchev–Trinajstić information content (AvgIpc) is 3.07. The van der Waals surface area contributed by atoms with Gasteiger partial charge in [-0.2, -0.15) is 4.98 Å². The van der Waals surface area contributed by atoms with Crippen molar-refractivity contribution in [2.24, 2.45) is 5.73 Å². The average molecular weight is 280 g/mol. The van der Waals surface area contributed by atoms with Crippen LogP contribution in [0.3, 0.4) is 0 Å². The van der Waals surface area contributed by atoms with Crippen molar-refractivity contribution in [1.29, 1.82) is 0 Å². The van der Waals surface area contributed by atoms with Crippen molar-refractivity contribution < 1.29 is 9.32 Å². The first-order valence-electron chi connectivity index (χ1n) is 6.13. The van der Waals surface area contributed by atoms with Gasteiger partial charge in [0, 0.05) is 19.4 Å². The van der Waals surface area contributed by atoms with Gasteiger partial charge in [0.1, 0.15) is 0 Å². The van der Waals surface area contributed by atoms with E-state index in [1.807, 2.05) is 17.5 Å². The Balaban J connectivity index is 1.79. The number of nitrogens with one attached hydrogen (secondary N) is 1. The summed E-state index contributed by atoms with van der Waals surface area (Å²) in [5, 5.41) is 8.62. The van der Waals surface area contributed by atoms with Crippen LogP contribution >= 0.6 is 11.3 Å². The molecule has 0 atom stereocenters. The van der Waals surface area contributed by atoms with Crippen LogP contribution < -0.4 is 11.1 Å². The topological polar surface area (TPSA) is 94.0 Å². The molecule has 0 unspecified atom stereocenters. The molecule has 1 amide bonds. The molecule has 0 saturated carbocycles. The van der Waals surface area contributed by atoms with Crippen LogP contribution in [0, 0.1) is 0 Å². The summed E-state index contributed by atoms with van der Waals surface area (Å²) in [7, 11) is 0. The van der Waals surface area contributed by atoms with E-state index in [4.69, 9.17) is 10.3 Å². The first-order valence-corrected chi connectivity index (χ1v) is 7.01. The van der Waals surface area contributed by atoms with Gasteiger partial charge in [-0.25, -0.2) is 0 Å². The summed E-state index contributed by atoms with van der Waals surface area (Å²) in [6.45, 7) is 1.19. The summed E-state index contributed by atoms with van der Waals surface area (Å²) < 4.78 is 5.11. The predicted molar refractivity (Wildman–Crippen MR) is 72.6 cm³/mol. The Morgan fingerprint density at radius 1 is 1.53 bits per heavy atom. The van der Waals surface area contributed by atoms with Crippen LogP contribution in [0.4, 0.5) is 0 Å². The second-order valence-corrected chi connectivity index (χ2v) is 4.93. The van der Waals surface area contributed by atoms with Crippen LogP contribution in [0.1, 0.15) is 18.7 Å². The molecule has 3 N–H and O–H groups in total. The summed E-state index contributed by atoms with van der Waals surface area (Å²) in [4.78, 5) is 16.7. The molecule has 0 saturated heterocycles. The number of carbonyl (C=O) groups excluding carboxylic acids is 1. The smallest absolute Gasteiger partial charge is 0.227 e. The van der Waals surface area contributed by atoms with Gasteiger partial charge in [-0.15, -0.1) is 11.3 Å². The van der Waals surface area contributed by atoms with Crippen molar-refractivity contribution in [3.8, 4) is 10.7 Å². The molecule has 2 aromatic rings. The summed E-state index contributed by atoms with van der Waals surface area (Å²) in [6, 6.07) is 3.86. The van der Waals surface area contributed by atoms with E-state index >= 15 is 0 Å². The summed E-state index contributed by atoms with van der Waals surface area (Å²) in [6.07, 6.45) is 1.58. The fraction of sp³-hybridized carbons (Fsp3) is 0.417. The lowest BCUT2D eigenvalue weighted by atomic mass is 10.3. The Morgan fingerprint density at radius 2 is 2.42 bits per heavy atom. The molecule has 0 aliphatic heterocycles. The van der Waals surface area contributed by atoms with E-state index in [1.54, 1.807) is 11.3 Å². The van der Waals surface area contributed by atoms with Gasteiger partial charge in [-0.1, -0.05) is 11.2 Å². The minimum Gasteiger partial charge on any atom is -0.356 e. The number of carbonyl (C=O) groups is 1. The van der Waals surface area contributed by atoms with Crippen LogP contribution in [0.2, 0.25) is 0 Å². The second-order valence-electron chi connectivity index (χ2n) is 3.98. The van der Waals surface area contributed by atoms with Crippen molar-refractivity contribution in [1.82, 2.24) is 15.5 Å². The van der Waals surface area contributed by atoms with Crippen LogP contribution in [0.25, 0.3) is 10.7 Å². The standard InChI is InChI=1S/C12H16N4O2S/c13-6-2-7-14-10(17)4-5-11-15-12(16-18-11)9-3-1-8-19-9/h1,3,8H,2,4-7,13H2,(H,14,17). The van der Waals surface area contributed by atoms with Gasteiger partial charge >= 0.3 is 0 Å². The number of nitrogens with two attached hydrogens (primary N) is 1. The largest absolute Gasteiger partial charge is 0.356 e. The van der Waals surface area contributed by atoms with Gasteiger partial charge in [-0.05, 0) is 24.4 Å². The van der Waals surface area contributed by atoms with Crippen molar-refractivity contribution in [3.05, 3.63) is 23.4 Å². The number of aryl methyl sites for hydroxylation is 1. The van der Waals surface area contributed by atoms with Gasteiger partial charge in [0.25, 0.3) is 0 Å². The third-order valence-corrected chi connectivity index (χ3v) is 3.34. The maximum Gasteiger partial charge on any atom is 0.227 e. The molecule has 0 radical (unpaired) electrons. The minimum absolute atomic E-state index is 0.0238. The Bertz CT molecular complexity index is 510. The molecule has 0 aromatic carbocycles. The molecule has 0 aliphatic carbocycles. The molecule has 2 rings (SSSR count).